The van der Waals surface area contributed by atoms with E-state index >= 15 is 0 Å². The Morgan fingerprint density at radius 3 is 3.06 bits per heavy atom. The molecule has 2 bridgehead atoms. The van der Waals surface area contributed by atoms with Gasteiger partial charge >= 0.3 is 0 Å². The number of thioether (sulfide) groups is 1. The first-order chi connectivity index (χ1) is 8.60. The van der Waals surface area contributed by atoms with E-state index in [1.165, 1.54) is 37.4 Å². The molecule has 1 aliphatic heterocycles. The van der Waals surface area contributed by atoms with Gasteiger partial charge in [-0.25, -0.2) is 0 Å². The molecule has 1 heterocycles. The Kier molecular flexibility index (Phi) is 3.14. The van der Waals surface area contributed by atoms with Crippen molar-refractivity contribution in [3.05, 3.63) is 0 Å². The maximum Gasteiger partial charge on any atom is 0.261 e. The molecule has 0 aromatic carbocycles. The number of carbonyl (C=O) groups is 1. The van der Waals surface area contributed by atoms with Crippen LogP contribution in [0.3, 0.4) is 0 Å². The molecule has 2 fully saturated rings. The van der Waals surface area contributed by atoms with Crippen LogP contribution in [0.5, 0.6) is 0 Å². The molecular weight excluding hydrogens is 248 g/mol. The topological polar surface area (TPSA) is 61.7 Å². The van der Waals surface area contributed by atoms with Gasteiger partial charge in [0.25, 0.3) is 5.91 Å². The Hall–Kier alpha value is -0.550. The zero-order valence-corrected chi connectivity index (χ0v) is 11.5. The molecule has 0 spiro atoms. The van der Waals surface area contributed by atoms with Crippen molar-refractivity contribution in [2.45, 2.75) is 50.3 Å². The van der Waals surface area contributed by atoms with Gasteiger partial charge in [0.2, 0.25) is 0 Å². The van der Waals surface area contributed by atoms with Gasteiger partial charge in [-0.1, -0.05) is 18.7 Å². The van der Waals surface area contributed by atoms with E-state index in [0.717, 1.165) is 11.1 Å². The summed E-state index contributed by atoms with van der Waals surface area (Å²) in [7, 11) is 0. The minimum atomic E-state index is -0.177. The normalized spacial score (nSPS) is 42.4. The molecule has 0 radical (unpaired) electrons. The summed E-state index contributed by atoms with van der Waals surface area (Å²) in [6, 6.07) is 0.475. The van der Waals surface area contributed by atoms with Gasteiger partial charge in [-0.3, -0.25) is 4.79 Å². The van der Waals surface area contributed by atoms with Gasteiger partial charge in [0, 0.05) is 12.6 Å². The van der Waals surface area contributed by atoms with Crippen LogP contribution in [0.4, 0.5) is 0 Å². The number of hydrogen-bond donors (Lipinski definition) is 2. The number of aliphatic hydroxyl groups is 1. The van der Waals surface area contributed by atoms with Gasteiger partial charge in [-0.05, 0) is 43.4 Å². The number of nitrogens with zero attached hydrogens (tertiary/aromatic N) is 1. The van der Waals surface area contributed by atoms with Crippen LogP contribution in [0.1, 0.15) is 39.0 Å². The van der Waals surface area contributed by atoms with Crippen LogP contribution in [-0.2, 0) is 4.79 Å². The second kappa shape index (κ2) is 4.53. The minimum absolute atomic E-state index is 0.0510. The predicted octanol–water partition coefficient (Wildman–Crippen LogP) is 1.54. The second-order valence-electron chi connectivity index (χ2n) is 6.07. The average Bonchev–Trinajstić information content (AvgIpc) is 2.93. The SMILES string of the molecule is C[C@@]12CC[C@@H](C[C@@H]1NC1=NC(=O)C(CCO)S1)C2. The van der Waals surface area contributed by atoms with Crippen LogP contribution >= 0.6 is 11.8 Å². The fraction of sp³-hybridized carbons (Fsp3) is 0.846. The molecule has 0 saturated heterocycles. The highest BCUT2D eigenvalue weighted by Gasteiger charge is 2.49. The van der Waals surface area contributed by atoms with Crippen molar-refractivity contribution >= 4 is 22.8 Å². The number of amides is 1. The van der Waals surface area contributed by atoms with E-state index in [1.807, 2.05) is 0 Å². The lowest BCUT2D eigenvalue weighted by Gasteiger charge is -2.32. The lowest BCUT2D eigenvalue weighted by Crippen LogP contribution is -2.42. The average molecular weight is 268 g/mol. The summed E-state index contributed by atoms with van der Waals surface area (Å²) in [6.07, 6.45) is 5.69. The Morgan fingerprint density at radius 1 is 1.61 bits per heavy atom. The van der Waals surface area contributed by atoms with Gasteiger partial charge in [0.1, 0.15) is 0 Å². The van der Waals surface area contributed by atoms with Crippen molar-refractivity contribution in [2.75, 3.05) is 6.61 Å². The standard InChI is InChI=1S/C13H20N2O2S/c1-13-4-2-8(7-13)6-10(13)14-12-15-11(17)9(18-12)3-5-16/h8-10,16H,2-7H2,1H3,(H,14,15,17)/t8-,9?,10-,13-/m0/s1. The highest BCUT2D eigenvalue weighted by molar-refractivity contribution is 8.15. The number of aliphatic imine (C=N–C) groups is 1. The van der Waals surface area contributed by atoms with E-state index in [4.69, 9.17) is 5.11 Å². The molecule has 1 amide bonds. The molecule has 18 heavy (non-hydrogen) atoms. The molecule has 3 rings (SSSR count). The molecule has 1 unspecified atom stereocenters. The fourth-order valence-corrected chi connectivity index (χ4v) is 4.66. The van der Waals surface area contributed by atoms with Crippen molar-refractivity contribution in [3.63, 3.8) is 0 Å². The summed E-state index contributed by atoms with van der Waals surface area (Å²) in [5, 5.41) is 13.0. The molecule has 2 N–H and O–H groups in total. The van der Waals surface area contributed by atoms with E-state index in [-0.39, 0.29) is 17.8 Å². The van der Waals surface area contributed by atoms with Crippen LogP contribution in [0.15, 0.2) is 4.99 Å². The summed E-state index contributed by atoms with van der Waals surface area (Å²) < 4.78 is 0. The van der Waals surface area contributed by atoms with Crippen molar-refractivity contribution in [1.29, 1.82) is 0 Å². The summed E-state index contributed by atoms with van der Waals surface area (Å²) in [6.45, 7) is 2.40. The molecule has 0 aromatic rings. The Bertz CT molecular complexity index is 398. The second-order valence-corrected chi connectivity index (χ2v) is 7.26. The quantitative estimate of drug-likeness (QED) is 0.815. The van der Waals surface area contributed by atoms with E-state index in [1.54, 1.807) is 0 Å². The van der Waals surface area contributed by atoms with E-state index in [9.17, 15) is 4.79 Å². The molecule has 2 aliphatic carbocycles. The van der Waals surface area contributed by atoms with Crippen molar-refractivity contribution in [1.82, 2.24) is 5.32 Å². The Labute approximate surface area is 112 Å². The van der Waals surface area contributed by atoms with Gasteiger partial charge in [-0.15, -0.1) is 0 Å². The van der Waals surface area contributed by atoms with Gasteiger partial charge < -0.3 is 10.4 Å². The van der Waals surface area contributed by atoms with Crippen LogP contribution in [0, 0.1) is 11.3 Å². The summed E-state index contributed by atoms with van der Waals surface area (Å²) in [4.78, 5) is 15.7. The molecule has 4 nitrogen and oxygen atoms in total. The van der Waals surface area contributed by atoms with Crippen molar-refractivity contribution in [3.8, 4) is 0 Å². The highest BCUT2D eigenvalue weighted by atomic mass is 32.2. The molecule has 2 saturated carbocycles. The third-order valence-corrected chi connectivity index (χ3v) is 5.87. The lowest BCUT2D eigenvalue weighted by molar-refractivity contribution is -0.117. The number of nitrogens with one attached hydrogen (secondary N) is 1. The molecule has 0 aromatic heterocycles. The molecular formula is C13H20N2O2S. The Balaban J connectivity index is 1.62. The first-order valence-corrected chi connectivity index (χ1v) is 7.65. The van der Waals surface area contributed by atoms with Gasteiger partial charge in [0.05, 0.1) is 5.25 Å². The maximum absolute atomic E-state index is 11.6. The van der Waals surface area contributed by atoms with E-state index in [2.05, 4.69) is 17.2 Å². The minimum Gasteiger partial charge on any atom is -0.396 e. The highest BCUT2D eigenvalue weighted by Crippen LogP contribution is 2.53. The summed E-state index contributed by atoms with van der Waals surface area (Å²) in [5.41, 5.74) is 0.395. The fourth-order valence-electron chi connectivity index (χ4n) is 3.66. The molecule has 5 heteroatoms. The van der Waals surface area contributed by atoms with Crippen LogP contribution < -0.4 is 5.32 Å². The molecule has 4 atom stereocenters. The van der Waals surface area contributed by atoms with Crippen LogP contribution in [0.2, 0.25) is 0 Å². The van der Waals surface area contributed by atoms with Crippen LogP contribution in [-0.4, -0.2) is 34.1 Å². The van der Waals surface area contributed by atoms with Crippen molar-refractivity contribution in [2.24, 2.45) is 16.3 Å². The zero-order valence-electron chi connectivity index (χ0n) is 10.7. The number of amidine groups is 1. The van der Waals surface area contributed by atoms with E-state index in [0.29, 0.717) is 17.9 Å². The van der Waals surface area contributed by atoms with Crippen molar-refractivity contribution < 1.29 is 9.90 Å². The lowest BCUT2D eigenvalue weighted by atomic mass is 9.82. The van der Waals surface area contributed by atoms with Gasteiger partial charge in [0.15, 0.2) is 5.17 Å². The number of rotatable bonds is 3. The maximum atomic E-state index is 11.6. The van der Waals surface area contributed by atoms with E-state index < -0.39 is 0 Å². The largest absolute Gasteiger partial charge is 0.396 e. The third kappa shape index (κ3) is 2.07. The summed E-state index contributed by atoms with van der Waals surface area (Å²) >= 11 is 1.49. The smallest absolute Gasteiger partial charge is 0.261 e. The number of aliphatic hydroxyl groups excluding tert-OH is 1. The number of carbonyl (C=O) groups excluding carboxylic acids is 1. The predicted molar refractivity (Wildman–Crippen MR) is 72.5 cm³/mol. The zero-order chi connectivity index (χ0) is 12.8. The van der Waals surface area contributed by atoms with Gasteiger partial charge in [-0.2, -0.15) is 4.99 Å². The third-order valence-electron chi connectivity index (χ3n) is 4.72. The first-order valence-electron chi connectivity index (χ1n) is 6.77. The molecule has 3 aliphatic rings. The Morgan fingerprint density at radius 2 is 2.44 bits per heavy atom. The van der Waals surface area contributed by atoms with Crippen LogP contribution in [0.25, 0.3) is 0 Å². The number of hydrogen-bond acceptors (Lipinski definition) is 4. The summed E-state index contributed by atoms with van der Waals surface area (Å²) in [5.74, 6) is 0.772. The first kappa shape index (κ1) is 12.5. The monoisotopic (exact) mass is 268 g/mol. The number of fused-ring (bicyclic) bond motifs is 2. The molecule has 100 valence electrons.